The molecular formula is C18H28N8. The van der Waals surface area contributed by atoms with Gasteiger partial charge in [-0.2, -0.15) is 0 Å². The monoisotopic (exact) mass is 356 g/mol. The van der Waals surface area contributed by atoms with E-state index in [-0.39, 0.29) is 0 Å². The smallest absolute Gasteiger partial charge is 0.146 e. The van der Waals surface area contributed by atoms with E-state index in [0.29, 0.717) is 11.7 Å². The Hall–Kier alpha value is -2.22. The highest BCUT2D eigenvalue weighted by atomic mass is 15.3. The van der Waals surface area contributed by atoms with Crippen molar-refractivity contribution < 1.29 is 0 Å². The van der Waals surface area contributed by atoms with Crippen LogP contribution in [0.25, 0.3) is 0 Å². The Morgan fingerprint density at radius 1 is 1.08 bits per heavy atom. The van der Waals surface area contributed by atoms with E-state index in [2.05, 4.69) is 41.6 Å². The summed E-state index contributed by atoms with van der Waals surface area (Å²) < 4.78 is 2.21. The normalized spacial score (nSPS) is 21.9. The van der Waals surface area contributed by atoms with E-state index in [1.807, 2.05) is 6.07 Å². The molecule has 4 heterocycles. The third kappa shape index (κ3) is 3.65. The third-order valence-corrected chi connectivity index (χ3v) is 5.60. The van der Waals surface area contributed by atoms with Crippen LogP contribution in [0.15, 0.2) is 12.4 Å². The fourth-order valence-electron chi connectivity index (χ4n) is 4.12. The van der Waals surface area contributed by atoms with Gasteiger partial charge in [-0.05, 0) is 38.8 Å². The number of hydrogen-bond donors (Lipinski definition) is 1. The Kier molecular flexibility index (Phi) is 5.01. The predicted molar refractivity (Wildman–Crippen MR) is 101 cm³/mol. The summed E-state index contributed by atoms with van der Waals surface area (Å²) in [4.78, 5) is 13.2. The van der Waals surface area contributed by atoms with Gasteiger partial charge in [0.05, 0.1) is 6.54 Å². The fourth-order valence-corrected chi connectivity index (χ4v) is 4.12. The summed E-state index contributed by atoms with van der Waals surface area (Å²) in [6.07, 6.45) is 7.73. The maximum absolute atomic E-state index is 5.82. The van der Waals surface area contributed by atoms with Gasteiger partial charge in [-0.15, -0.1) is 10.2 Å². The van der Waals surface area contributed by atoms with Crippen LogP contribution >= 0.6 is 0 Å². The van der Waals surface area contributed by atoms with Crippen molar-refractivity contribution in [1.29, 1.82) is 0 Å². The molecule has 0 amide bonds. The number of anilines is 2. The van der Waals surface area contributed by atoms with Crippen LogP contribution in [0.2, 0.25) is 0 Å². The van der Waals surface area contributed by atoms with E-state index in [0.717, 1.165) is 49.9 Å². The zero-order chi connectivity index (χ0) is 17.9. The highest BCUT2D eigenvalue weighted by Gasteiger charge is 2.27. The maximum Gasteiger partial charge on any atom is 0.146 e. The second-order valence-corrected chi connectivity index (χ2v) is 7.46. The molecule has 4 rings (SSSR count). The van der Waals surface area contributed by atoms with Gasteiger partial charge in [-0.1, -0.05) is 6.42 Å². The molecule has 2 aliphatic rings. The number of nitrogen functional groups attached to an aromatic ring is 1. The van der Waals surface area contributed by atoms with Crippen molar-refractivity contribution in [3.63, 3.8) is 0 Å². The van der Waals surface area contributed by atoms with Gasteiger partial charge in [0.2, 0.25) is 0 Å². The van der Waals surface area contributed by atoms with Gasteiger partial charge < -0.3 is 15.2 Å². The summed E-state index contributed by atoms with van der Waals surface area (Å²) in [7, 11) is 2.11. The van der Waals surface area contributed by atoms with E-state index < -0.39 is 0 Å². The topological polar surface area (TPSA) is 89.0 Å². The number of rotatable bonds is 4. The van der Waals surface area contributed by atoms with E-state index in [9.17, 15) is 0 Å². The van der Waals surface area contributed by atoms with Crippen LogP contribution in [0.5, 0.6) is 0 Å². The summed E-state index contributed by atoms with van der Waals surface area (Å²) >= 11 is 0. The fraction of sp³-hybridized carbons (Fsp3) is 0.667. The number of likely N-dealkylation sites (tertiary alicyclic amines) is 1. The molecule has 26 heavy (non-hydrogen) atoms. The number of nitrogens with zero attached hydrogens (tertiary/aromatic N) is 7. The zero-order valence-corrected chi connectivity index (χ0v) is 15.5. The zero-order valence-electron chi connectivity index (χ0n) is 15.5. The van der Waals surface area contributed by atoms with Crippen LogP contribution in [0.1, 0.15) is 49.7 Å². The molecule has 2 aliphatic heterocycles. The van der Waals surface area contributed by atoms with Crippen LogP contribution in [0.4, 0.5) is 11.6 Å². The summed E-state index contributed by atoms with van der Waals surface area (Å²) in [5.41, 5.74) is 5.82. The Morgan fingerprint density at radius 3 is 2.73 bits per heavy atom. The first kappa shape index (κ1) is 17.2. The number of nitrogens with two attached hydrogens (primary N) is 1. The van der Waals surface area contributed by atoms with Gasteiger partial charge in [0.1, 0.15) is 29.6 Å². The minimum absolute atomic E-state index is 0.368. The van der Waals surface area contributed by atoms with Crippen molar-refractivity contribution >= 4 is 11.6 Å². The summed E-state index contributed by atoms with van der Waals surface area (Å²) in [6, 6.07) is 1.85. The van der Waals surface area contributed by atoms with Crippen molar-refractivity contribution in [2.75, 3.05) is 36.8 Å². The average Bonchev–Trinajstić information content (AvgIpc) is 3.03. The second-order valence-electron chi connectivity index (χ2n) is 7.46. The quantitative estimate of drug-likeness (QED) is 0.889. The van der Waals surface area contributed by atoms with Crippen LogP contribution in [0.3, 0.4) is 0 Å². The first-order chi connectivity index (χ1) is 12.7. The molecule has 1 atom stereocenters. The van der Waals surface area contributed by atoms with Gasteiger partial charge in [-0.25, -0.2) is 9.97 Å². The van der Waals surface area contributed by atoms with Gasteiger partial charge in [0.15, 0.2) is 0 Å². The van der Waals surface area contributed by atoms with E-state index >= 15 is 0 Å². The van der Waals surface area contributed by atoms with E-state index in [1.54, 1.807) is 0 Å². The molecule has 0 bridgehead atoms. The first-order valence-corrected chi connectivity index (χ1v) is 9.63. The van der Waals surface area contributed by atoms with Crippen molar-refractivity contribution in [3.05, 3.63) is 24.0 Å². The SMILES string of the molecule is Cn1c(CN2CCCCC2)nnc1[C@@H]1CCCN(c2cc(N)ncn2)C1. The lowest BCUT2D eigenvalue weighted by atomic mass is 9.97. The lowest BCUT2D eigenvalue weighted by Gasteiger charge is -2.33. The maximum atomic E-state index is 5.82. The number of aromatic nitrogens is 5. The van der Waals surface area contributed by atoms with Crippen molar-refractivity contribution in [3.8, 4) is 0 Å². The van der Waals surface area contributed by atoms with E-state index in [4.69, 9.17) is 5.73 Å². The molecule has 0 saturated carbocycles. The summed E-state index contributed by atoms with van der Waals surface area (Å²) in [6.45, 7) is 5.14. The Bertz CT molecular complexity index is 737. The molecule has 0 aromatic carbocycles. The lowest BCUT2D eigenvalue weighted by molar-refractivity contribution is 0.213. The molecule has 0 spiro atoms. The van der Waals surface area contributed by atoms with Gasteiger partial charge >= 0.3 is 0 Å². The highest BCUT2D eigenvalue weighted by molar-refractivity contribution is 5.46. The Morgan fingerprint density at radius 2 is 1.92 bits per heavy atom. The Balaban J connectivity index is 1.46. The van der Waals surface area contributed by atoms with Crippen molar-refractivity contribution in [2.24, 2.45) is 7.05 Å². The molecule has 2 N–H and O–H groups in total. The van der Waals surface area contributed by atoms with Gasteiger partial charge in [0, 0.05) is 32.1 Å². The molecular weight excluding hydrogens is 328 g/mol. The van der Waals surface area contributed by atoms with Gasteiger partial charge in [-0.3, -0.25) is 4.90 Å². The Labute approximate surface area is 154 Å². The van der Waals surface area contributed by atoms with Crippen LogP contribution in [0, 0.1) is 0 Å². The molecule has 2 aromatic rings. The highest BCUT2D eigenvalue weighted by Crippen LogP contribution is 2.28. The molecule has 8 nitrogen and oxygen atoms in total. The molecule has 0 aliphatic carbocycles. The second kappa shape index (κ2) is 7.57. The predicted octanol–water partition coefficient (Wildman–Crippen LogP) is 1.56. The molecule has 8 heteroatoms. The van der Waals surface area contributed by atoms with Crippen molar-refractivity contribution in [2.45, 2.75) is 44.6 Å². The van der Waals surface area contributed by atoms with Gasteiger partial charge in [0.25, 0.3) is 0 Å². The van der Waals surface area contributed by atoms with Crippen LogP contribution in [-0.4, -0.2) is 55.8 Å². The molecule has 2 aromatic heterocycles. The van der Waals surface area contributed by atoms with Crippen molar-refractivity contribution in [1.82, 2.24) is 29.6 Å². The molecule has 0 unspecified atom stereocenters. The largest absolute Gasteiger partial charge is 0.384 e. The number of hydrogen-bond acceptors (Lipinski definition) is 7. The minimum Gasteiger partial charge on any atom is -0.384 e. The molecule has 0 radical (unpaired) electrons. The standard InChI is InChI=1S/C18H28N8/c1-24-17(12-25-7-3-2-4-8-25)22-23-18(24)14-6-5-9-26(11-14)16-10-15(19)20-13-21-16/h10,13-14H,2-9,11-12H2,1H3,(H2,19,20,21)/t14-/m1/s1. The minimum atomic E-state index is 0.368. The van der Waals surface area contributed by atoms with E-state index in [1.165, 1.54) is 38.7 Å². The first-order valence-electron chi connectivity index (χ1n) is 9.63. The van der Waals surface area contributed by atoms with Crippen LogP contribution in [-0.2, 0) is 13.6 Å². The van der Waals surface area contributed by atoms with Crippen LogP contribution < -0.4 is 10.6 Å². The third-order valence-electron chi connectivity index (χ3n) is 5.60. The molecule has 2 fully saturated rings. The lowest BCUT2D eigenvalue weighted by Crippen LogP contribution is -2.36. The average molecular weight is 356 g/mol. The summed E-state index contributed by atoms with van der Waals surface area (Å²) in [5, 5.41) is 9.06. The number of piperidine rings is 2. The summed E-state index contributed by atoms with van der Waals surface area (Å²) in [5.74, 6) is 3.94. The molecule has 2 saturated heterocycles. The molecule has 140 valence electrons.